The molecule has 1 aromatic rings. The van der Waals surface area contributed by atoms with Crippen LogP contribution in [0.4, 0.5) is 11.5 Å². The smallest absolute Gasteiger partial charge is 0.337 e. The number of amides is 1. The Labute approximate surface area is 97.8 Å². The third kappa shape index (κ3) is 3.63. The molecule has 17 heavy (non-hydrogen) atoms. The maximum absolute atomic E-state index is 10.8. The van der Waals surface area contributed by atoms with Crippen molar-refractivity contribution in [2.24, 2.45) is 5.73 Å². The molecule has 1 rings (SSSR count). The van der Waals surface area contributed by atoms with Gasteiger partial charge in [0.1, 0.15) is 5.82 Å². The molecule has 0 aliphatic heterocycles. The quantitative estimate of drug-likeness (QED) is 0.572. The molecule has 1 amide bonds. The number of carboxylic acid groups (broad SMARTS) is 1. The predicted molar refractivity (Wildman–Crippen MR) is 62.5 cm³/mol. The lowest BCUT2D eigenvalue weighted by Crippen LogP contribution is -2.24. The minimum Gasteiger partial charge on any atom is -0.478 e. The Morgan fingerprint density at radius 1 is 1.59 bits per heavy atom. The molecule has 0 aromatic carbocycles. The van der Waals surface area contributed by atoms with Crippen LogP contribution in [0.25, 0.3) is 0 Å². The normalized spacial score (nSPS) is 11.8. The molecule has 0 saturated carbocycles. The summed E-state index contributed by atoms with van der Waals surface area (Å²) in [6.45, 7) is 1.74. The molecule has 7 heteroatoms. The molecular formula is C10H14N4O3. The molecule has 0 bridgehead atoms. The monoisotopic (exact) mass is 238 g/mol. The maximum Gasteiger partial charge on any atom is 0.337 e. The van der Waals surface area contributed by atoms with Crippen molar-refractivity contribution in [3.8, 4) is 0 Å². The second-order valence-corrected chi connectivity index (χ2v) is 3.68. The van der Waals surface area contributed by atoms with Crippen molar-refractivity contribution >= 4 is 23.4 Å². The van der Waals surface area contributed by atoms with Gasteiger partial charge in [-0.05, 0) is 13.0 Å². The number of anilines is 2. The number of carboxylic acids is 1. The van der Waals surface area contributed by atoms with Crippen LogP contribution < -0.4 is 16.8 Å². The van der Waals surface area contributed by atoms with E-state index in [1.807, 2.05) is 0 Å². The summed E-state index contributed by atoms with van der Waals surface area (Å²) >= 11 is 0. The van der Waals surface area contributed by atoms with Gasteiger partial charge in [0.2, 0.25) is 5.91 Å². The van der Waals surface area contributed by atoms with E-state index < -0.39 is 11.9 Å². The molecule has 0 aliphatic rings. The van der Waals surface area contributed by atoms with E-state index in [4.69, 9.17) is 16.6 Å². The number of primary amides is 1. The highest BCUT2D eigenvalue weighted by atomic mass is 16.4. The maximum atomic E-state index is 10.8. The van der Waals surface area contributed by atoms with Crippen LogP contribution in [0, 0.1) is 0 Å². The molecule has 1 heterocycles. The molecule has 6 N–H and O–H groups in total. The number of rotatable bonds is 5. The Morgan fingerprint density at radius 3 is 2.76 bits per heavy atom. The first-order chi connectivity index (χ1) is 7.90. The molecule has 0 radical (unpaired) electrons. The van der Waals surface area contributed by atoms with E-state index in [2.05, 4.69) is 10.3 Å². The van der Waals surface area contributed by atoms with Gasteiger partial charge in [-0.2, -0.15) is 0 Å². The third-order valence-electron chi connectivity index (χ3n) is 2.07. The number of hydrogen-bond donors (Lipinski definition) is 4. The highest BCUT2D eigenvalue weighted by molar-refractivity contribution is 5.94. The third-order valence-corrected chi connectivity index (χ3v) is 2.07. The van der Waals surface area contributed by atoms with Crippen molar-refractivity contribution in [1.29, 1.82) is 0 Å². The number of aromatic carboxylic acids is 1. The lowest BCUT2D eigenvalue weighted by Gasteiger charge is -2.13. The lowest BCUT2D eigenvalue weighted by atomic mass is 10.2. The molecule has 7 nitrogen and oxygen atoms in total. The number of carbonyl (C=O) groups excluding carboxylic acids is 1. The minimum atomic E-state index is -1.13. The van der Waals surface area contributed by atoms with Crippen LogP contribution in [0.2, 0.25) is 0 Å². The molecule has 0 spiro atoms. The van der Waals surface area contributed by atoms with E-state index in [1.165, 1.54) is 12.3 Å². The summed E-state index contributed by atoms with van der Waals surface area (Å²) in [4.78, 5) is 25.4. The van der Waals surface area contributed by atoms with Crippen molar-refractivity contribution in [2.45, 2.75) is 19.4 Å². The zero-order valence-electron chi connectivity index (χ0n) is 9.30. The Balaban J connectivity index is 2.82. The zero-order chi connectivity index (χ0) is 13.0. The molecule has 1 unspecified atom stereocenters. The van der Waals surface area contributed by atoms with Gasteiger partial charge >= 0.3 is 5.97 Å². The number of nitrogens with zero attached hydrogens (tertiary/aromatic N) is 1. The van der Waals surface area contributed by atoms with E-state index in [0.717, 1.165) is 0 Å². The number of carbonyl (C=O) groups is 2. The molecular weight excluding hydrogens is 224 g/mol. The Kier molecular flexibility index (Phi) is 3.86. The highest BCUT2D eigenvalue weighted by Crippen LogP contribution is 2.15. The fraction of sp³-hybridized carbons (Fsp3) is 0.300. The van der Waals surface area contributed by atoms with Gasteiger partial charge in [-0.25, -0.2) is 9.78 Å². The second-order valence-electron chi connectivity index (χ2n) is 3.68. The Morgan fingerprint density at radius 2 is 2.24 bits per heavy atom. The number of nitrogen functional groups attached to an aromatic ring is 1. The zero-order valence-corrected chi connectivity index (χ0v) is 9.30. The average Bonchev–Trinajstić information content (AvgIpc) is 2.19. The highest BCUT2D eigenvalue weighted by Gasteiger charge is 2.11. The first kappa shape index (κ1) is 12.8. The number of nitrogens with one attached hydrogen (secondary N) is 1. The summed E-state index contributed by atoms with van der Waals surface area (Å²) in [6.07, 6.45) is 1.39. The summed E-state index contributed by atoms with van der Waals surface area (Å²) < 4.78 is 0. The molecule has 0 aliphatic carbocycles. The topological polar surface area (TPSA) is 131 Å². The van der Waals surface area contributed by atoms with E-state index in [-0.39, 0.29) is 23.7 Å². The van der Waals surface area contributed by atoms with Crippen molar-refractivity contribution in [1.82, 2.24) is 4.98 Å². The van der Waals surface area contributed by atoms with E-state index in [1.54, 1.807) is 6.92 Å². The molecule has 0 fully saturated rings. The SMILES string of the molecule is CC(CC(N)=O)Nc1cc(C(=O)O)c(N)cn1. The van der Waals surface area contributed by atoms with Gasteiger partial charge in [-0.3, -0.25) is 4.79 Å². The van der Waals surface area contributed by atoms with Gasteiger partial charge in [-0.1, -0.05) is 0 Å². The van der Waals surface area contributed by atoms with Crippen LogP contribution in [0.15, 0.2) is 12.3 Å². The van der Waals surface area contributed by atoms with Crippen molar-refractivity contribution in [2.75, 3.05) is 11.1 Å². The summed E-state index contributed by atoms with van der Waals surface area (Å²) in [6, 6.07) is 1.08. The van der Waals surface area contributed by atoms with Crippen molar-refractivity contribution < 1.29 is 14.7 Å². The number of nitrogens with two attached hydrogens (primary N) is 2. The summed E-state index contributed by atoms with van der Waals surface area (Å²) in [5.74, 6) is -1.24. The summed E-state index contributed by atoms with van der Waals surface area (Å²) in [5, 5.41) is 11.7. The van der Waals surface area contributed by atoms with Crippen LogP contribution in [-0.4, -0.2) is 28.0 Å². The number of hydrogen-bond acceptors (Lipinski definition) is 5. The fourth-order valence-electron chi connectivity index (χ4n) is 1.34. The van der Waals surface area contributed by atoms with Crippen molar-refractivity contribution in [3.63, 3.8) is 0 Å². The fourth-order valence-corrected chi connectivity index (χ4v) is 1.34. The van der Waals surface area contributed by atoms with Gasteiger partial charge in [0.25, 0.3) is 0 Å². The van der Waals surface area contributed by atoms with Gasteiger partial charge in [0.15, 0.2) is 0 Å². The molecule has 1 atom stereocenters. The van der Waals surface area contributed by atoms with Crippen LogP contribution >= 0.6 is 0 Å². The van der Waals surface area contributed by atoms with Crippen LogP contribution in [0.5, 0.6) is 0 Å². The largest absolute Gasteiger partial charge is 0.478 e. The first-order valence-corrected chi connectivity index (χ1v) is 4.93. The van der Waals surface area contributed by atoms with Gasteiger partial charge in [0.05, 0.1) is 17.4 Å². The average molecular weight is 238 g/mol. The van der Waals surface area contributed by atoms with E-state index >= 15 is 0 Å². The van der Waals surface area contributed by atoms with Gasteiger partial charge in [-0.15, -0.1) is 0 Å². The standard InChI is InChI=1S/C10H14N4O3/c1-5(2-8(12)15)14-9-3-6(10(16)17)7(11)4-13-9/h3-5H,2,11H2,1H3,(H2,12,15)(H,13,14)(H,16,17). The number of aromatic nitrogens is 1. The van der Waals surface area contributed by atoms with Crippen LogP contribution in [0.3, 0.4) is 0 Å². The Bertz CT molecular complexity index is 447. The van der Waals surface area contributed by atoms with Gasteiger partial charge in [0, 0.05) is 12.5 Å². The number of pyridine rings is 1. The minimum absolute atomic E-state index is 0.0335. The van der Waals surface area contributed by atoms with E-state index in [0.29, 0.717) is 5.82 Å². The molecule has 1 aromatic heterocycles. The Hall–Kier alpha value is -2.31. The summed E-state index contributed by atoms with van der Waals surface area (Å²) in [5.41, 5.74) is 10.5. The molecule has 92 valence electrons. The molecule has 0 saturated heterocycles. The van der Waals surface area contributed by atoms with Crippen molar-refractivity contribution in [3.05, 3.63) is 17.8 Å². The van der Waals surface area contributed by atoms with Crippen LogP contribution in [0.1, 0.15) is 23.7 Å². The van der Waals surface area contributed by atoms with Gasteiger partial charge < -0.3 is 21.9 Å². The lowest BCUT2D eigenvalue weighted by molar-refractivity contribution is -0.118. The predicted octanol–water partition coefficient (Wildman–Crippen LogP) is 0.0378. The van der Waals surface area contributed by atoms with Crippen LogP contribution in [-0.2, 0) is 4.79 Å². The summed E-state index contributed by atoms with van der Waals surface area (Å²) in [7, 11) is 0. The second kappa shape index (κ2) is 5.15. The van der Waals surface area contributed by atoms with E-state index in [9.17, 15) is 9.59 Å². The first-order valence-electron chi connectivity index (χ1n) is 4.93.